The molecule has 3 aromatic rings. The molecule has 0 spiro atoms. The van der Waals surface area contributed by atoms with Crippen LogP contribution in [0.5, 0.6) is 0 Å². The Hall–Kier alpha value is -1.23. The van der Waals surface area contributed by atoms with Crippen LogP contribution in [0, 0.1) is 5.82 Å². The highest BCUT2D eigenvalue weighted by Gasteiger charge is 2.14. The molecule has 2 N–H and O–H groups in total. The average Bonchev–Trinajstić information content (AvgIpc) is 2.89. The van der Waals surface area contributed by atoms with Gasteiger partial charge in [0.15, 0.2) is 0 Å². The fourth-order valence-electron chi connectivity index (χ4n) is 2.15. The van der Waals surface area contributed by atoms with Crippen LogP contribution < -0.4 is 5.73 Å². The first kappa shape index (κ1) is 12.8. The topological polar surface area (TPSA) is 26.0 Å². The maximum Gasteiger partial charge on any atom is 0.137 e. The number of nitrogens with two attached hydrogens (primary N) is 1. The van der Waals surface area contributed by atoms with Crippen molar-refractivity contribution in [3.8, 4) is 0 Å². The summed E-state index contributed by atoms with van der Waals surface area (Å²) in [6.07, 6.45) is 0. The number of hydrogen-bond donors (Lipinski definition) is 1. The standard InChI is InChI=1S/C15H11BrFNS/c16-12-5-4-10(8-13(12)17)14(18)11-3-1-2-9-6-7-19-15(9)11/h1-8,14H,18H2. The highest BCUT2D eigenvalue weighted by atomic mass is 79.9. The zero-order valence-electron chi connectivity index (χ0n) is 9.94. The zero-order chi connectivity index (χ0) is 13.4. The van der Waals surface area contributed by atoms with Gasteiger partial charge in [-0.05, 0) is 56.0 Å². The predicted molar refractivity (Wildman–Crippen MR) is 82.0 cm³/mol. The van der Waals surface area contributed by atoms with Crippen LogP contribution in [0.1, 0.15) is 17.2 Å². The molecule has 1 atom stereocenters. The van der Waals surface area contributed by atoms with Gasteiger partial charge in [-0.2, -0.15) is 0 Å². The summed E-state index contributed by atoms with van der Waals surface area (Å²) in [6, 6.07) is 12.8. The Morgan fingerprint density at radius 3 is 2.79 bits per heavy atom. The van der Waals surface area contributed by atoms with Gasteiger partial charge in [0.1, 0.15) is 5.82 Å². The third-order valence-corrected chi connectivity index (χ3v) is 4.77. The van der Waals surface area contributed by atoms with Crippen LogP contribution in [0.3, 0.4) is 0 Å². The fraction of sp³-hybridized carbons (Fsp3) is 0.0667. The number of hydrogen-bond acceptors (Lipinski definition) is 2. The van der Waals surface area contributed by atoms with Gasteiger partial charge in [0.25, 0.3) is 0 Å². The van der Waals surface area contributed by atoms with Gasteiger partial charge in [-0.1, -0.05) is 24.3 Å². The van der Waals surface area contributed by atoms with E-state index in [2.05, 4.69) is 28.1 Å². The normalized spacial score (nSPS) is 12.8. The van der Waals surface area contributed by atoms with Crippen molar-refractivity contribution in [3.05, 3.63) is 69.3 Å². The molecule has 0 aliphatic heterocycles. The molecule has 2 aromatic carbocycles. The second-order valence-corrected chi connectivity index (χ2v) is 6.11. The quantitative estimate of drug-likeness (QED) is 0.711. The molecule has 1 heterocycles. The van der Waals surface area contributed by atoms with E-state index in [4.69, 9.17) is 5.73 Å². The molecule has 0 radical (unpaired) electrons. The van der Waals surface area contributed by atoms with Crippen molar-refractivity contribution in [2.24, 2.45) is 5.73 Å². The maximum absolute atomic E-state index is 13.6. The summed E-state index contributed by atoms with van der Waals surface area (Å²) in [5.74, 6) is -0.286. The summed E-state index contributed by atoms with van der Waals surface area (Å²) in [6.45, 7) is 0. The first-order valence-corrected chi connectivity index (χ1v) is 7.51. The van der Waals surface area contributed by atoms with Gasteiger partial charge in [-0.3, -0.25) is 0 Å². The molecule has 0 amide bonds. The SMILES string of the molecule is NC(c1ccc(Br)c(F)c1)c1cccc2ccsc12. The Kier molecular flexibility index (Phi) is 3.39. The number of rotatable bonds is 2. The highest BCUT2D eigenvalue weighted by Crippen LogP contribution is 2.32. The van der Waals surface area contributed by atoms with Crippen LogP contribution in [0.15, 0.2) is 52.3 Å². The van der Waals surface area contributed by atoms with E-state index in [0.717, 1.165) is 11.1 Å². The summed E-state index contributed by atoms with van der Waals surface area (Å²) in [7, 11) is 0. The molecule has 0 saturated heterocycles. The number of fused-ring (bicyclic) bond motifs is 1. The largest absolute Gasteiger partial charge is 0.320 e. The predicted octanol–water partition coefficient (Wildman–Crippen LogP) is 4.85. The first-order valence-electron chi connectivity index (χ1n) is 5.83. The molecule has 0 saturated carbocycles. The smallest absolute Gasteiger partial charge is 0.137 e. The molecule has 1 unspecified atom stereocenters. The van der Waals surface area contributed by atoms with Gasteiger partial charge in [0, 0.05) is 4.70 Å². The Bertz CT molecular complexity index is 738. The molecule has 0 aliphatic rings. The summed E-state index contributed by atoms with van der Waals surface area (Å²) in [5, 5.41) is 3.22. The van der Waals surface area contributed by atoms with Gasteiger partial charge in [-0.15, -0.1) is 11.3 Å². The van der Waals surface area contributed by atoms with E-state index < -0.39 is 0 Å². The number of thiophene rings is 1. The van der Waals surface area contributed by atoms with Crippen LogP contribution in [0.2, 0.25) is 0 Å². The molecule has 96 valence electrons. The van der Waals surface area contributed by atoms with E-state index >= 15 is 0 Å². The molecule has 0 aliphatic carbocycles. The van der Waals surface area contributed by atoms with Gasteiger partial charge in [0.2, 0.25) is 0 Å². The molecule has 1 aromatic heterocycles. The highest BCUT2D eigenvalue weighted by molar-refractivity contribution is 9.10. The van der Waals surface area contributed by atoms with Crippen LogP contribution in [0.25, 0.3) is 10.1 Å². The summed E-state index contributed by atoms with van der Waals surface area (Å²) in [5.41, 5.74) is 8.10. The number of halogens is 2. The minimum Gasteiger partial charge on any atom is -0.320 e. The summed E-state index contributed by atoms with van der Waals surface area (Å²) >= 11 is 4.82. The van der Waals surface area contributed by atoms with Crippen molar-refractivity contribution >= 4 is 37.4 Å². The average molecular weight is 336 g/mol. The molecule has 19 heavy (non-hydrogen) atoms. The van der Waals surface area contributed by atoms with Crippen molar-refractivity contribution in [2.45, 2.75) is 6.04 Å². The third-order valence-electron chi connectivity index (χ3n) is 3.15. The van der Waals surface area contributed by atoms with Crippen molar-refractivity contribution in [1.82, 2.24) is 0 Å². The lowest BCUT2D eigenvalue weighted by Crippen LogP contribution is -2.12. The van der Waals surface area contributed by atoms with Crippen LogP contribution >= 0.6 is 27.3 Å². The van der Waals surface area contributed by atoms with Gasteiger partial charge in [-0.25, -0.2) is 4.39 Å². The summed E-state index contributed by atoms with van der Waals surface area (Å²) < 4.78 is 15.2. The summed E-state index contributed by atoms with van der Waals surface area (Å²) in [4.78, 5) is 0. The molecule has 3 rings (SSSR count). The Morgan fingerprint density at radius 2 is 2.00 bits per heavy atom. The zero-order valence-corrected chi connectivity index (χ0v) is 12.3. The van der Waals surface area contributed by atoms with Crippen LogP contribution in [0.4, 0.5) is 4.39 Å². The second kappa shape index (κ2) is 5.04. The van der Waals surface area contributed by atoms with E-state index in [0.29, 0.717) is 4.47 Å². The van der Waals surface area contributed by atoms with Crippen molar-refractivity contribution in [2.75, 3.05) is 0 Å². The Labute approximate surface area is 123 Å². The molecule has 0 bridgehead atoms. The van der Waals surface area contributed by atoms with Crippen molar-refractivity contribution in [3.63, 3.8) is 0 Å². The van der Waals surface area contributed by atoms with Gasteiger partial charge >= 0.3 is 0 Å². The molecular formula is C15H11BrFNS. The van der Waals surface area contributed by atoms with E-state index in [1.165, 1.54) is 16.2 Å². The van der Waals surface area contributed by atoms with Gasteiger partial charge in [0.05, 0.1) is 10.5 Å². The fourth-order valence-corrected chi connectivity index (χ4v) is 3.35. The van der Waals surface area contributed by atoms with E-state index in [1.54, 1.807) is 17.4 Å². The van der Waals surface area contributed by atoms with Crippen LogP contribution in [-0.2, 0) is 0 Å². The van der Waals surface area contributed by atoms with Gasteiger partial charge < -0.3 is 5.73 Å². The van der Waals surface area contributed by atoms with Crippen LogP contribution in [-0.4, -0.2) is 0 Å². The molecular weight excluding hydrogens is 325 g/mol. The molecule has 4 heteroatoms. The Balaban J connectivity index is 2.10. The minimum atomic E-state index is -0.315. The Morgan fingerprint density at radius 1 is 1.16 bits per heavy atom. The minimum absolute atomic E-state index is 0.286. The number of benzene rings is 2. The monoisotopic (exact) mass is 335 g/mol. The second-order valence-electron chi connectivity index (χ2n) is 4.34. The lowest BCUT2D eigenvalue weighted by molar-refractivity contribution is 0.617. The maximum atomic E-state index is 13.6. The van der Waals surface area contributed by atoms with E-state index in [-0.39, 0.29) is 11.9 Å². The molecule has 1 nitrogen and oxygen atoms in total. The van der Waals surface area contributed by atoms with Crippen molar-refractivity contribution < 1.29 is 4.39 Å². The van der Waals surface area contributed by atoms with E-state index in [1.807, 2.05) is 23.6 Å². The lowest BCUT2D eigenvalue weighted by atomic mass is 9.98. The van der Waals surface area contributed by atoms with Crippen molar-refractivity contribution in [1.29, 1.82) is 0 Å². The van der Waals surface area contributed by atoms with E-state index in [9.17, 15) is 4.39 Å². The first-order chi connectivity index (χ1) is 9.16. The molecule has 0 fully saturated rings. The lowest BCUT2D eigenvalue weighted by Gasteiger charge is -2.14. The third kappa shape index (κ3) is 2.31.